The van der Waals surface area contributed by atoms with Crippen LogP contribution in [-0.4, -0.2) is 76.3 Å². The van der Waals surface area contributed by atoms with E-state index < -0.39 is 5.97 Å². The number of piperidine rings is 1. The first-order valence-corrected chi connectivity index (χ1v) is 13.2. The number of carboxylic acids is 1. The minimum absolute atomic E-state index is 0.0703. The third-order valence-electron chi connectivity index (χ3n) is 6.09. The van der Waals surface area contributed by atoms with Gasteiger partial charge < -0.3 is 30.4 Å². The molecule has 11 nitrogen and oxygen atoms in total. The number of methoxy groups -OCH3 is 1. The normalized spacial score (nSPS) is 17.6. The lowest BCUT2D eigenvalue weighted by Gasteiger charge is -2.37. The zero-order valence-corrected chi connectivity index (χ0v) is 22.8. The number of aromatic amines is 1. The highest BCUT2D eigenvalue weighted by Crippen LogP contribution is 2.35. The highest BCUT2D eigenvalue weighted by atomic mass is 35.5. The molecule has 4 N–H and O–H groups in total. The molecule has 198 valence electrons. The summed E-state index contributed by atoms with van der Waals surface area (Å²) in [7, 11) is 1.61. The Morgan fingerprint density at radius 1 is 1.30 bits per heavy atom. The number of aryl methyl sites for hydroxylation is 1. The molecule has 3 aromatic heterocycles. The Morgan fingerprint density at radius 3 is 2.68 bits per heavy atom. The molecule has 0 spiro atoms. The van der Waals surface area contributed by atoms with Gasteiger partial charge in [0, 0.05) is 38.5 Å². The van der Waals surface area contributed by atoms with Crippen molar-refractivity contribution < 1.29 is 19.4 Å². The largest absolute Gasteiger partial charge is 0.477 e. The Bertz CT molecular complexity index is 1280. The van der Waals surface area contributed by atoms with Crippen LogP contribution in [0.2, 0.25) is 10.0 Å². The Balaban J connectivity index is 1.45. The number of nitrogens with one attached hydrogen (secondary N) is 3. The van der Waals surface area contributed by atoms with Gasteiger partial charge in [0.2, 0.25) is 0 Å². The molecule has 0 aliphatic carbocycles. The maximum Gasteiger partial charge on any atom is 0.348 e. The lowest BCUT2D eigenvalue weighted by atomic mass is 9.94. The lowest BCUT2D eigenvalue weighted by Crippen LogP contribution is -2.50. The number of H-pyrrole nitrogens is 1. The van der Waals surface area contributed by atoms with E-state index in [0.717, 1.165) is 11.3 Å². The number of carboxylic acid groups (broad SMARTS) is 1. The van der Waals surface area contributed by atoms with E-state index in [1.807, 2.05) is 11.8 Å². The van der Waals surface area contributed by atoms with E-state index in [2.05, 4.69) is 30.6 Å². The first kappa shape index (κ1) is 27.1. The Hall–Kier alpha value is -2.93. The summed E-state index contributed by atoms with van der Waals surface area (Å²) in [6, 6.07) is -0.0930. The molecule has 2 atom stereocenters. The molecule has 0 radical (unpaired) electrons. The van der Waals surface area contributed by atoms with Gasteiger partial charge in [-0.25, -0.2) is 19.7 Å². The number of anilines is 2. The maximum atomic E-state index is 12.8. The van der Waals surface area contributed by atoms with Crippen molar-refractivity contribution in [3.05, 3.63) is 38.7 Å². The minimum atomic E-state index is -1.07. The van der Waals surface area contributed by atoms with Crippen LogP contribution in [0, 0.1) is 12.8 Å². The number of hydrogen-bond donors (Lipinski definition) is 4. The van der Waals surface area contributed by atoms with Gasteiger partial charge in [0.25, 0.3) is 5.91 Å². The van der Waals surface area contributed by atoms with E-state index in [1.54, 1.807) is 14.0 Å². The number of hydrogen-bond acceptors (Lipinski definition) is 9. The maximum absolute atomic E-state index is 12.8. The van der Waals surface area contributed by atoms with Crippen LogP contribution in [0.15, 0.2) is 12.4 Å². The van der Waals surface area contributed by atoms with Crippen molar-refractivity contribution in [2.45, 2.75) is 26.3 Å². The van der Waals surface area contributed by atoms with Gasteiger partial charge >= 0.3 is 5.97 Å². The number of amides is 1. The first-order valence-electron chi connectivity index (χ1n) is 11.6. The summed E-state index contributed by atoms with van der Waals surface area (Å²) in [5, 5.41) is 17.0. The summed E-state index contributed by atoms with van der Waals surface area (Å²) in [6.07, 6.45) is 3.69. The van der Waals surface area contributed by atoms with Crippen LogP contribution in [0.1, 0.15) is 39.2 Å². The molecule has 4 rings (SSSR count). The van der Waals surface area contributed by atoms with Gasteiger partial charge in [-0.05, 0) is 19.3 Å². The predicted octanol–water partition coefficient (Wildman–Crippen LogP) is 3.94. The van der Waals surface area contributed by atoms with E-state index in [1.165, 1.54) is 12.4 Å². The minimum Gasteiger partial charge on any atom is -0.477 e. The van der Waals surface area contributed by atoms with Crippen molar-refractivity contribution in [3.8, 4) is 11.4 Å². The molecule has 4 heterocycles. The van der Waals surface area contributed by atoms with Crippen molar-refractivity contribution in [2.24, 2.45) is 5.92 Å². The monoisotopic (exact) mass is 567 g/mol. The summed E-state index contributed by atoms with van der Waals surface area (Å²) in [5.74, 6) is -0.756. The van der Waals surface area contributed by atoms with E-state index in [9.17, 15) is 14.7 Å². The zero-order valence-electron chi connectivity index (χ0n) is 20.5. The number of ether oxygens (including phenoxy) is 1. The van der Waals surface area contributed by atoms with E-state index in [4.69, 9.17) is 27.9 Å². The molecule has 1 aliphatic heterocycles. The molecule has 3 aromatic rings. The lowest BCUT2D eigenvalue weighted by molar-refractivity contribution is 0.0702. The van der Waals surface area contributed by atoms with Crippen LogP contribution in [0.25, 0.3) is 11.4 Å². The smallest absolute Gasteiger partial charge is 0.348 e. The third-order valence-corrected chi connectivity index (χ3v) is 8.14. The number of nitrogens with zero attached hydrogens (tertiary/aromatic N) is 4. The van der Waals surface area contributed by atoms with E-state index in [0.29, 0.717) is 60.0 Å². The summed E-state index contributed by atoms with van der Waals surface area (Å²) in [5.41, 5.74) is 1.54. The Morgan fingerprint density at radius 2 is 2.08 bits per heavy atom. The molecule has 1 aliphatic rings. The fourth-order valence-electron chi connectivity index (χ4n) is 4.09. The van der Waals surface area contributed by atoms with Gasteiger partial charge in [-0.15, -0.1) is 0 Å². The number of carbonyl (C=O) groups excluding carboxylic acids is 1. The quantitative estimate of drug-likeness (QED) is 0.282. The van der Waals surface area contributed by atoms with E-state index >= 15 is 0 Å². The molecule has 1 fully saturated rings. The molecular weight excluding hydrogens is 541 g/mol. The Labute approximate surface area is 227 Å². The van der Waals surface area contributed by atoms with Crippen LogP contribution >= 0.6 is 34.5 Å². The molecule has 0 unspecified atom stereocenters. The van der Waals surface area contributed by atoms with Crippen LogP contribution in [0.4, 0.5) is 10.9 Å². The van der Waals surface area contributed by atoms with Crippen molar-refractivity contribution in [2.75, 3.05) is 43.6 Å². The van der Waals surface area contributed by atoms with Crippen LogP contribution in [-0.2, 0) is 4.74 Å². The highest BCUT2D eigenvalue weighted by molar-refractivity contribution is 7.17. The summed E-state index contributed by atoms with van der Waals surface area (Å²) >= 11 is 13.4. The fraction of sp³-hybridized carbons (Fsp3) is 0.435. The van der Waals surface area contributed by atoms with Crippen LogP contribution < -0.4 is 15.5 Å². The summed E-state index contributed by atoms with van der Waals surface area (Å²) < 4.78 is 5.00. The molecule has 0 aromatic carbocycles. The van der Waals surface area contributed by atoms with E-state index in [-0.39, 0.29) is 39.2 Å². The van der Waals surface area contributed by atoms with Gasteiger partial charge in [0.1, 0.15) is 27.8 Å². The fourth-order valence-corrected chi connectivity index (χ4v) is 5.45. The average molecular weight is 568 g/mol. The molecule has 0 bridgehead atoms. The van der Waals surface area contributed by atoms with Crippen LogP contribution in [0.3, 0.4) is 0 Å². The molecular formula is C23H27Cl2N7O4S. The molecule has 1 saturated heterocycles. The number of aromatic nitrogens is 4. The number of thiazole rings is 1. The summed E-state index contributed by atoms with van der Waals surface area (Å²) in [4.78, 5) is 43.1. The second-order valence-electron chi connectivity index (χ2n) is 8.73. The summed E-state index contributed by atoms with van der Waals surface area (Å²) in [6.45, 7) is 6.05. The van der Waals surface area contributed by atoms with Gasteiger partial charge in [0.15, 0.2) is 5.13 Å². The molecule has 0 saturated carbocycles. The first-order chi connectivity index (χ1) is 17.7. The molecule has 14 heteroatoms. The van der Waals surface area contributed by atoms with Gasteiger partial charge in [-0.2, -0.15) is 0 Å². The second kappa shape index (κ2) is 11.6. The molecule has 37 heavy (non-hydrogen) atoms. The topological polar surface area (TPSA) is 145 Å². The SMILES string of the molecule is COCCNc1cnc(-c2nc(N3CC[C@@H](NC(=O)c4[nH]c(C)c(Cl)c4Cl)[C@@H](C)C3)sc2C(=O)O)cn1. The van der Waals surface area contributed by atoms with Crippen molar-refractivity contribution in [1.29, 1.82) is 0 Å². The second-order valence-corrected chi connectivity index (χ2v) is 10.5. The van der Waals surface area contributed by atoms with Gasteiger partial charge in [-0.1, -0.05) is 41.5 Å². The van der Waals surface area contributed by atoms with Gasteiger partial charge in [-0.3, -0.25) is 4.79 Å². The standard InChI is InChI=1S/C23H27Cl2N7O4S/c1-11-10-32(6-4-13(11)30-21(33)19-17(25)16(24)12(2)29-19)23-31-18(20(37-23)22(34)35)14-8-28-15(9-27-14)26-5-7-36-3/h8-9,11,13,29H,4-7,10H2,1-3H3,(H,26,28)(H,30,33)(H,34,35)/t11-,13+/m0/s1. The number of aromatic carboxylic acids is 1. The number of carbonyl (C=O) groups is 2. The van der Waals surface area contributed by atoms with Crippen molar-refractivity contribution in [3.63, 3.8) is 0 Å². The zero-order chi connectivity index (χ0) is 26.7. The predicted molar refractivity (Wildman–Crippen MR) is 143 cm³/mol. The molecule has 1 amide bonds. The van der Waals surface area contributed by atoms with Gasteiger partial charge in [0.05, 0.1) is 29.0 Å². The Kier molecular flexibility index (Phi) is 8.53. The third kappa shape index (κ3) is 5.98. The van der Waals surface area contributed by atoms with Crippen molar-refractivity contribution >= 4 is 57.4 Å². The van der Waals surface area contributed by atoms with Crippen LogP contribution in [0.5, 0.6) is 0 Å². The highest BCUT2D eigenvalue weighted by Gasteiger charge is 2.31. The number of halogens is 2. The average Bonchev–Trinajstić information content (AvgIpc) is 3.44. The number of rotatable bonds is 9. The van der Waals surface area contributed by atoms with Crippen molar-refractivity contribution in [1.82, 2.24) is 25.3 Å².